The molecule has 4 heterocycles. The molecule has 268 valence electrons. The van der Waals surface area contributed by atoms with Gasteiger partial charge in [-0.15, -0.1) is 22.7 Å². The zero-order chi connectivity index (χ0) is 35.9. The van der Waals surface area contributed by atoms with Gasteiger partial charge in [-0.1, -0.05) is 6.07 Å². The molecule has 0 radical (unpaired) electrons. The Morgan fingerprint density at radius 2 is 1.86 bits per heavy atom. The highest BCUT2D eigenvalue weighted by Gasteiger charge is 2.25. The molecule has 5 rings (SSSR count). The standard InChI is InChI=1S/C31H38N8O5S3.CH4N2/c1-32-10-3-6-27(30(41)42)36-29(40)28-26(9-17-45-28)37-47(43,44)25-5-2-4-23(18-25)34-19-24-21-46-31(35-24)39-15-13-38(14-16-39)20-22-7-11-33-12-8-22;2-1-3/h2,4-5,7-9,11-12,17-18,21,27,32,34,37H,3,6,10,13-16,19-20H2,1H3,(H,36,40)(H,41,42);1H,(H3,2,3)/t27-;/m0./s1. The molecule has 1 aliphatic heterocycles. The molecule has 0 aliphatic carbocycles. The zero-order valence-electron chi connectivity index (χ0n) is 27.5. The van der Waals surface area contributed by atoms with Gasteiger partial charge in [0, 0.05) is 56.2 Å². The van der Waals surface area contributed by atoms with E-state index in [1.807, 2.05) is 29.9 Å². The number of nitrogens with zero attached hydrogens (tertiary/aromatic N) is 4. The number of nitrogens with one attached hydrogen (secondary N) is 5. The van der Waals surface area contributed by atoms with E-state index in [0.29, 0.717) is 25.2 Å². The molecule has 1 aromatic carbocycles. The molecule has 0 saturated carbocycles. The van der Waals surface area contributed by atoms with Gasteiger partial charge in [0.1, 0.15) is 10.9 Å². The van der Waals surface area contributed by atoms with Crippen LogP contribution in [0.15, 0.2) is 70.5 Å². The van der Waals surface area contributed by atoms with Crippen molar-refractivity contribution in [2.24, 2.45) is 5.73 Å². The van der Waals surface area contributed by atoms with Crippen LogP contribution in [0.4, 0.5) is 16.5 Å². The van der Waals surface area contributed by atoms with Gasteiger partial charge in [-0.05, 0) is 73.8 Å². The summed E-state index contributed by atoms with van der Waals surface area (Å²) in [5.41, 5.74) is 7.18. The van der Waals surface area contributed by atoms with Crippen LogP contribution in [0.2, 0.25) is 0 Å². The summed E-state index contributed by atoms with van der Waals surface area (Å²) in [6, 6.07) is 10.9. The lowest BCUT2D eigenvalue weighted by Gasteiger charge is -2.34. The minimum Gasteiger partial charge on any atom is -0.480 e. The Bertz CT molecular complexity index is 1790. The normalized spacial score (nSPS) is 13.8. The number of aromatic nitrogens is 2. The van der Waals surface area contributed by atoms with E-state index in [1.165, 1.54) is 23.8 Å². The summed E-state index contributed by atoms with van der Waals surface area (Å²) in [6.07, 6.45) is 5.18. The number of aliphatic carboxylic acids is 1. The van der Waals surface area contributed by atoms with E-state index in [0.717, 1.165) is 61.2 Å². The Kier molecular flexibility index (Phi) is 14.5. The van der Waals surface area contributed by atoms with E-state index in [2.05, 4.69) is 41.2 Å². The van der Waals surface area contributed by atoms with E-state index >= 15 is 0 Å². The predicted octanol–water partition coefficient (Wildman–Crippen LogP) is 3.07. The molecule has 1 fully saturated rings. The minimum atomic E-state index is -4.06. The number of thiazole rings is 1. The van der Waals surface area contributed by atoms with Gasteiger partial charge in [-0.3, -0.25) is 24.8 Å². The Morgan fingerprint density at radius 3 is 2.56 bits per heavy atom. The molecule has 1 amide bonds. The summed E-state index contributed by atoms with van der Waals surface area (Å²) in [7, 11) is -2.30. The van der Waals surface area contributed by atoms with Crippen molar-refractivity contribution in [3.63, 3.8) is 0 Å². The fourth-order valence-electron chi connectivity index (χ4n) is 5.07. The summed E-state index contributed by atoms with van der Waals surface area (Å²) in [5.74, 6) is -1.80. The van der Waals surface area contributed by atoms with Crippen LogP contribution < -0.4 is 31.3 Å². The highest BCUT2D eigenvalue weighted by atomic mass is 32.2. The largest absolute Gasteiger partial charge is 0.480 e. The number of hydrogen-bond acceptors (Lipinski definition) is 13. The van der Waals surface area contributed by atoms with Gasteiger partial charge in [0.25, 0.3) is 15.9 Å². The molecule has 18 heteroatoms. The Labute approximate surface area is 299 Å². The molecule has 3 aromatic heterocycles. The van der Waals surface area contributed by atoms with E-state index in [-0.39, 0.29) is 21.9 Å². The van der Waals surface area contributed by atoms with Crippen molar-refractivity contribution in [3.05, 3.63) is 81.8 Å². The summed E-state index contributed by atoms with van der Waals surface area (Å²) in [5, 5.41) is 28.6. The van der Waals surface area contributed by atoms with Gasteiger partial charge in [-0.25, -0.2) is 18.2 Å². The van der Waals surface area contributed by atoms with Crippen molar-refractivity contribution >= 4 is 67.4 Å². The van der Waals surface area contributed by atoms with Crippen LogP contribution in [0.1, 0.15) is 33.8 Å². The van der Waals surface area contributed by atoms with Gasteiger partial charge in [0.15, 0.2) is 5.13 Å². The number of benzene rings is 1. The quantitative estimate of drug-likeness (QED) is 0.0501. The number of anilines is 3. The number of sulfonamides is 1. The molecule has 0 spiro atoms. The Hall–Kier alpha value is -4.62. The van der Waals surface area contributed by atoms with Crippen molar-refractivity contribution in [1.29, 1.82) is 5.41 Å². The number of hydrogen-bond donors (Lipinski definition) is 7. The summed E-state index contributed by atoms with van der Waals surface area (Å²) in [4.78, 5) is 38.3. The number of carboxylic acid groups (broad SMARTS) is 1. The van der Waals surface area contributed by atoms with Crippen LogP contribution in [0.25, 0.3) is 0 Å². The number of rotatable bonds is 16. The van der Waals surface area contributed by atoms with Crippen LogP contribution in [-0.2, 0) is 27.9 Å². The predicted molar refractivity (Wildman–Crippen MR) is 198 cm³/mol. The second kappa shape index (κ2) is 19.0. The smallest absolute Gasteiger partial charge is 0.326 e. The number of piperazine rings is 1. The first-order chi connectivity index (χ1) is 24.1. The number of carbonyl (C=O) groups is 2. The number of pyridine rings is 1. The minimum absolute atomic E-state index is 0.0131. The van der Waals surface area contributed by atoms with Gasteiger partial charge in [0.05, 0.1) is 29.2 Å². The second-order valence-corrected chi connectivity index (χ2v) is 14.6. The van der Waals surface area contributed by atoms with E-state index in [4.69, 9.17) is 10.4 Å². The monoisotopic (exact) mass is 742 g/mol. The summed E-state index contributed by atoms with van der Waals surface area (Å²) < 4.78 is 29.1. The Balaban J connectivity index is 0.00000181. The first-order valence-corrected chi connectivity index (χ1v) is 19.0. The molecule has 1 atom stereocenters. The number of thiophene rings is 1. The third-order valence-corrected chi connectivity index (χ3v) is 10.8. The number of carbonyl (C=O) groups excluding carboxylic acids is 1. The maximum atomic E-state index is 13.3. The molecule has 0 unspecified atom stereocenters. The first-order valence-electron chi connectivity index (χ1n) is 15.8. The highest BCUT2D eigenvalue weighted by molar-refractivity contribution is 7.92. The van der Waals surface area contributed by atoms with E-state index in [9.17, 15) is 23.1 Å². The molecular weight excluding hydrogens is 701 g/mol. The number of carboxylic acids is 1. The molecule has 8 N–H and O–H groups in total. The van der Waals surface area contributed by atoms with Gasteiger partial charge in [-0.2, -0.15) is 0 Å². The molecule has 50 heavy (non-hydrogen) atoms. The SMILES string of the molecule is CNCCC[C@H](NC(=O)c1sccc1NS(=O)(=O)c1cccc(NCc2csc(N3CCN(Cc4ccncc4)CC3)n2)c1)C(=O)O.N=CN. The van der Waals surface area contributed by atoms with Gasteiger partial charge < -0.3 is 31.7 Å². The maximum absolute atomic E-state index is 13.3. The van der Waals surface area contributed by atoms with Crippen LogP contribution in [-0.4, -0.2) is 92.4 Å². The van der Waals surface area contributed by atoms with Crippen LogP contribution >= 0.6 is 22.7 Å². The molecule has 1 saturated heterocycles. The van der Waals surface area contributed by atoms with Crippen molar-refractivity contribution < 1.29 is 23.1 Å². The fraction of sp³-hybridized carbons (Fsp3) is 0.344. The maximum Gasteiger partial charge on any atom is 0.326 e. The first kappa shape index (κ1) is 38.2. The molecular formula is C32H42N10O5S3. The van der Waals surface area contributed by atoms with Gasteiger partial charge in [0.2, 0.25) is 0 Å². The second-order valence-electron chi connectivity index (χ2n) is 11.2. The van der Waals surface area contributed by atoms with Crippen molar-refractivity contribution in [2.45, 2.75) is 36.9 Å². The lowest BCUT2D eigenvalue weighted by molar-refractivity contribution is -0.139. The summed E-state index contributed by atoms with van der Waals surface area (Å²) in [6.45, 7) is 5.61. The molecule has 15 nitrogen and oxygen atoms in total. The van der Waals surface area contributed by atoms with E-state index < -0.39 is 27.9 Å². The van der Waals surface area contributed by atoms with Crippen molar-refractivity contribution in [3.8, 4) is 0 Å². The third-order valence-electron chi connectivity index (χ3n) is 7.59. The van der Waals surface area contributed by atoms with Crippen LogP contribution in [0.3, 0.4) is 0 Å². The van der Waals surface area contributed by atoms with Crippen LogP contribution in [0, 0.1) is 5.41 Å². The average molecular weight is 743 g/mol. The molecule has 1 aliphatic rings. The lowest BCUT2D eigenvalue weighted by Crippen LogP contribution is -2.45. The average Bonchev–Trinajstić information content (AvgIpc) is 3.78. The summed E-state index contributed by atoms with van der Waals surface area (Å²) >= 11 is 2.62. The van der Waals surface area contributed by atoms with Crippen molar-refractivity contribution in [1.82, 2.24) is 25.5 Å². The Morgan fingerprint density at radius 1 is 1.12 bits per heavy atom. The third kappa shape index (κ3) is 11.2. The van der Waals surface area contributed by atoms with Gasteiger partial charge >= 0.3 is 5.97 Å². The highest BCUT2D eigenvalue weighted by Crippen LogP contribution is 2.27. The zero-order valence-corrected chi connectivity index (χ0v) is 30.0. The van der Waals surface area contributed by atoms with E-state index in [1.54, 1.807) is 35.9 Å². The fourth-order valence-corrected chi connectivity index (χ4v) is 7.88. The van der Waals surface area contributed by atoms with Crippen molar-refractivity contribution in [2.75, 3.05) is 54.7 Å². The molecule has 4 aromatic rings. The number of nitrogens with two attached hydrogens (primary N) is 1. The lowest BCUT2D eigenvalue weighted by atomic mass is 10.1. The number of amides is 1. The molecule has 0 bridgehead atoms. The topological polar surface area (TPSA) is 219 Å². The van der Waals surface area contributed by atoms with Crippen LogP contribution in [0.5, 0.6) is 0 Å².